The minimum atomic E-state index is 0.432. The minimum Gasteiger partial charge on any atom is -0.384 e. The first-order valence-electron chi connectivity index (χ1n) is 5.75. The average molecular weight is 237 g/mol. The molecule has 1 aliphatic rings. The van der Waals surface area contributed by atoms with E-state index in [4.69, 9.17) is 5.73 Å². The predicted octanol–water partition coefficient (Wildman–Crippen LogP) is 2.75. The van der Waals surface area contributed by atoms with Gasteiger partial charge >= 0.3 is 0 Å². The van der Waals surface area contributed by atoms with Gasteiger partial charge in [0.05, 0.1) is 11.9 Å². The first-order chi connectivity index (χ1) is 7.74. The van der Waals surface area contributed by atoms with Crippen molar-refractivity contribution >= 4 is 23.3 Å². The van der Waals surface area contributed by atoms with Crippen molar-refractivity contribution in [3.05, 3.63) is 18.3 Å². The molecule has 1 aromatic rings. The van der Waals surface area contributed by atoms with Crippen LogP contribution >= 0.6 is 11.8 Å². The van der Waals surface area contributed by atoms with Crippen LogP contribution in [0.4, 0.5) is 11.5 Å². The molecule has 0 spiro atoms. The van der Waals surface area contributed by atoms with Crippen LogP contribution in [-0.2, 0) is 0 Å². The number of rotatable bonds is 4. The van der Waals surface area contributed by atoms with E-state index in [2.05, 4.69) is 16.6 Å². The highest BCUT2D eigenvalue weighted by atomic mass is 32.2. The summed E-state index contributed by atoms with van der Waals surface area (Å²) in [6, 6.07) is 3.83. The summed E-state index contributed by atoms with van der Waals surface area (Å²) in [7, 11) is 0. The topological polar surface area (TPSA) is 50.9 Å². The van der Waals surface area contributed by atoms with E-state index in [-0.39, 0.29) is 0 Å². The number of thioether (sulfide) groups is 1. The van der Waals surface area contributed by atoms with E-state index in [0.29, 0.717) is 10.6 Å². The van der Waals surface area contributed by atoms with E-state index < -0.39 is 0 Å². The molecule has 1 fully saturated rings. The molecular weight excluding hydrogens is 218 g/mol. The third-order valence-corrected chi connectivity index (χ3v) is 4.77. The molecule has 0 unspecified atom stereocenters. The van der Waals surface area contributed by atoms with Crippen molar-refractivity contribution in [3.8, 4) is 0 Å². The van der Waals surface area contributed by atoms with Crippen LogP contribution in [0.25, 0.3) is 0 Å². The van der Waals surface area contributed by atoms with Crippen LogP contribution in [0.2, 0.25) is 0 Å². The normalized spacial score (nSPS) is 18.6. The maximum Gasteiger partial charge on any atom is 0.123 e. The summed E-state index contributed by atoms with van der Waals surface area (Å²) in [6.45, 7) is 1.03. The van der Waals surface area contributed by atoms with Crippen molar-refractivity contribution in [2.45, 2.75) is 30.4 Å². The largest absolute Gasteiger partial charge is 0.384 e. The fraction of sp³-hybridized carbons (Fsp3) is 0.583. The molecule has 1 aliphatic carbocycles. The third-order valence-electron chi connectivity index (χ3n) is 3.35. The number of anilines is 2. The Morgan fingerprint density at radius 3 is 2.75 bits per heavy atom. The minimum absolute atomic E-state index is 0.432. The number of pyridine rings is 1. The van der Waals surface area contributed by atoms with E-state index >= 15 is 0 Å². The zero-order chi connectivity index (χ0) is 11.4. The molecule has 0 bridgehead atoms. The van der Waals surface area contributed by atoms with Gasteiger partial charge in [-0.25, -0.2) is 4.98 Å². The molecule has 1 saturated carbocycles. The molecule has 0 aromatic carbocycles. The Kier molecular flexibility index (Phi) is 3.59. The van der Waals surface area contributed by atoms with Crippen molar-refractivity contribution in [3.63, 3.8) is 0 Å². The highest BCUT2D eigenvalue weighted by Crippen LogP contribution is 2.40. The summed E-state index contributed by atoms with van der Waals surface area (Å²) in [6.07, 6.45) is 9.39. The molecule has 0 saturated heterocycles. The van der Waals surface area contributed by atoms with Crippen molar-refractivity contribution in [1.29, 1.82) is 0 Å². The lowest BCUT2D eigenvalue weighted by Gasteiger charge is -2.27. The Balaban J connectivity index is 1.93. The molecule has 0 atom stereocenters. The van der Waals surface area contributed by atoms with Crippen LogP contribution in [0.5, 0.6) is 0 Å². The highest BCUT2D eigenvalue weighted by molar-refractivity contribution is 8.00. The van der Waals surface area contributed by atoms with E-state index in [1.54, 1.807) is 6.20 Å². The Labute approximate surface area is 101 Å². The lowest BCUT2D eigenvalue weighted by atomic mass is 10.1. The van der Waals surface area contributed by atoms with Gasteiger partial charge < -0.3 is 11.1 Å². The predicted molar refractivity (Wildman–Crippen MR) is 71.9 cm³/mol. The molecule has 3 nitrogen and oxygen atoms in total. The molecule has 16 heavy (non-hydrogen) atoms. The van der Waals surface area contributed by atoms with Crippen molar-refractivity contribution in [1.82, 2.24) is 4.98 Å². The zero-order valence-corrected chi connectivity index (χ0v) is 10.5. The first kappa shape index (κ1) is 11.6. The molecule has 2 rings (SSSR count). The van der Waals surface area contributed by atoms with Crippen LogP contribution in [0.15, 0.2) is 18.3 Å². The second kappa shape index (κ2) is 4.95. The first-order valence-corrected chi connectivity index (χ1v) is 6.97. The summed E-state index contributed by atoms with van der Waals surface area (Å²) in [5.41, 5.74) is 6.62. The van der Waals surface area contributed by atoms with Crippen LogP contribution in [0, 0.1) is 0 Å². The summed E-state index contributed by atoms with van der Waals surface area (Å²) >= 11 is 1.99. The number of nitrogens with two attached hydrogens (primary N) is 1. The molecule has 3 N–H and O–H groups in total. The smallest absolute Gasteiger partial charge is 0.123 e. The van der Waals surface area contributed by atoms with E-state index in [1.807, 2.05) is 23.9 Å². The van der Waals surface area contributed by atoms with Gasteiger partial charge in [-0.3, -0.25) is 0 Å². The van der Waals surface area contributed by atoms with E-state index in [0.717, 1.165) is 12.2 Å². The van der Waals surface area contributed by atoms with Gasteiger partial charge in [0, 0.05) is 11.3 Å². The van der Waals surface area contributed by atoms with Gasteiger partial charge in [-0.05, 0) is 31.2 Å². The fourth-order valence-electron chi connectivity index (χ4n) is 2.25. The summed E-state index contributed by atoms with van der Waals surface area (Å²) in [5.74, 6) is 0.575. The lowest BCUT2D eigenvalue weighted by molar-refractivity contribution is 0.640. The quantitative estimate of drug-likeness (QED) is 0.845. The molecule has 88 valence electrons. The molecule has 1 aromatic heterocycles. The van der Waals surface area contributed by atoms with Crippen LogP contribution < -0.4 is 11.1 Å². The lowest BCUT2D eigenvalue weighted by Crippen LogP contribution is -2.30. The number of hydrogen-bond acceptors (Lipinski definition) is 4. The third kappa shape index (κ3) is 2.61. The van der Waals surface area contributed by atoms with E-state index in [9.17, 15) is 0 Å². The molecule has 0 aliphatic heterocycles. The summed E-state index contributed by atoms with van der Waals surface area (Å²) in [4.78, 5) is 4.08. The van der Waals surface area contributed by atoms with Gasteiger partial charge in [-0.1, -0.05) is 12.8 Å². The van der Waals surface area contributed by atoms with Gasteiger partial charge in [-0.15, -0.1) is 0 Å². The van der Waals surface area contributed by atoms with Gasteiger partial charge in [0.2, 0.25) is 0 Å². The second-order valence-corrected chi connectivity index (χ2v) is 5.69. The Hall–Kier alpha value is -0.900. The second-order valence-electron chi connectivity index (χ2n) is 4.42. The Morgan fingerprint density at radius 1 is 1.44 bits per heavy atom. The Morgan fingerprint density at radius 2 is 2.19 bits per heavy atom. The number of nitrogens with one attached hydrogen (secondary N) is 1. The molecule has 4 heteroatoms. The number of nitrogen functional groups attached to an aromatic ring is 1. The highest BCUT2D eigenvalue weighted by Gasteiger charge is 2.32. The maximum atomic E-state index is 5.55. The maximum absolute atomic E-state index is 5.55. The molecule has 0 amide bonds. The monoisotopic (exact) mass is 237 g/mol. The molecule has 1 heterocycles. The number of nitrogens with zero attached hydrogens (tertiary/aromatic N) is 1. The van der Waals surface area contributed by atoms with Crippen molar-refractivity contribution in [2.24, 2.45) is 0 Å². The van der Waals surface area contributed by atoms with Crippen LogP contribution in [-0.4, -0.2) is 22.5 Å². The number of hydrogen-bond donors (Lipinski definition) is 2. The zero-order valence-electron chi connectivity index (χ0n) is 9.70. The van der Waals surface area contributed by atoms with Crippen molar-refractivity contribution < 1.29 is 0 Å². The van der Waals surface area contributed by atoms with Gasteiger partial charge in [-0.2, -0.15) is 11.8 Å². The van der Waals surface area contributed by atoms with Gasteiger partial charge in [0.25, 0.3) is 0 Å². The van der Waals surface area contributed by atoms with Crippen LogP contribution in [0.3, 0.4) is 0 Å². The van der Waals surface area contributed by atoms with Gasteiger partial charge in [0.1, 0.15) is 5.82 Å². The summed E-state index contributed by atoms with van der Waals surface area (Å²) in [5, 5.41) is 3.47. The SMILES string of the molecule is CSC1(CNc2ccc(N)nc2)CCCC1. The van der Waals surface area contributed by atoms with Crippen molar-refractivity contribution in [2.75, 3.05) is 23.9 Å². The van der Waals surface area contributed by atoms with Crippen LogP contribution in [0.1, 0.15) is 25.7 Å². The fourth-order valence-corrected chi connectivity index (χ4v) is 3.16. The van der Waals surface area contributed by atoms with E-state index in [1.165, 1.54) is 25.7 Å². The van der Waals surface area contributed by atoms with Gasteiger partial charge in [0.15, 0.2) is 0 Å². The molecular formula is C12H19N3S. The Bertz CT molecular complexity index is 331. The standard InChI is InChI=1S/C12H19N3S/c1-16-12(6-2-3-7-12)9-15-10-4-5-11(13)14-8-10/h4-5,8,15H,2-3,6-7,9H2,1H3,(H2,13,14). The average Bonchev–Trinajstić information content (AvgIpc) is 2.78. The summed E-state index contributed by atoms with van der Waals surface area (Å²) < 4.78 is 0.432. The number of aromatic nitrogens is 1. The molecule has 0 radical (unpaired) electrons.